The van der Waals surface area contributed by atoms with Crippen LogP contribution in [0.1, 0.15) is 180 Å². The van der Waals surface area contributed by atoms with E-state index in [0.29, 0.717) is 18.4 Å². The normalized spacial score (nSPS) is 19.7. The van der Waals surface area contributed by atoms with E-state index in [4.69, 9.17) is 22.0 Å². The summed E-state index contributed by atoms with van der Waals surface area (Å²) in [6.07, 6.45) is 10.8. The average Bonchev–Trinajstić information content (AvgIpc) is 3.21. The zero-order valence-electron chi connectivity index (χ0n) is 34.7. The fourth-order valence-electron chi connectivity index (χ4n) is 6.25. The van der Waals surface area contributed by atoms with Gasteiger partial charge in [-0.25, -0.2) is 4.39 Å². The fraction of sp³-hybridized carbons (Fsp3) is 0.810. The minimum Gasteiger partial charge on any atom is -0.460 e. The second-order valence-electron chi connectivity index (χ2n) is 17.3. The van der Waals surface area contributed by atoms with Gasteiger partial charge in [-0.05, 0) is 111 Å². The summed E-state index contributed by atoms with van der Waals surface area (Å²) in [7, 11) is 1.84. The highest BCUT2D eigenvalue weighted by molar-refractivity contribution is 7.81. The van der Waals surface area contributed by atoms with Crippen LogP contribution in [0.25, 0.3) is 0 Å². The molecule has 0 bridgehead atoms. The number of hydrogen-bond donors (Lipinski definition) is 1. The molecule has 50 heavy (non-hydrogen) atoms. The Kier molecular flexibility index (Phi) is 18.1. The molecule has 1 aliphatic heterocycles. The van der Waals surface area contributed by atoms with Gasteiger partial charge in [-0.3, -0.25) is 9.59 Å². The van der Waals surface area contributed by atoms with Crippen LogP contribution in [0.15, 0.2) is 18.2 Å². The van der Waals surface area contributed by atoms with E-state index in [1.165, 1.54) is 12.0 Å². The Morgan fingerprint density at radius 1 is 0.980 bits per heavy atom. The first kappa shape index (κ1) is 46.5. The highest BCUT2D eigenvalue weighted by Crippen LogP contribution is 2.51. The predicted molar refractivity (Wildman–Crippen MR) is 216 cm³/mol. The van der Waals surface area contributed by atoms with Crippen molar-refractivity contribution in [1.29, 1.82) is 0 Å². The summed E-state index contributed by atoms with van der Waals surface area (Å²) in [5, 5.41) is 0. The minimum absolute atomic E-state index is 0.0285. The van der Waals surface area contributed by atoms with E-state index in [1.807, 2.05) is 49.0 Å². The molecule has 0 spiro atoms. The molecule has 3 rings (SSSR count). The molecule has 1 atom stereocenters. The summed E-state index contributed by atoms with van der Waals surface area (Å²) >= 11 is 4.71. The van der Waals surface area contributed by atoms with E-state index < -0.39 is 11.3 Å². The topological polar surface area (TPSA) is 55.8 Å². The van der Waals surface area contributed by atoms with Crippen LogP contribution in [0.4, 0.5) is 10.1 Å². The van der Waals surface area contributed by atoms with E-state index in [2.05, 4.69) is 78.5 Å². The molecule has 1 aromatic rings. The number of benzene rings is 1. The number of rotatable bonds is 15. The second-order valence-corrected chi connectivity index (χ2v) is 18.4. The van der Waals surface area contributed by atoms with E-state index in [9.17, 15) is 14.0 Å². The Balaban J connectivity index is 0.000000539. The highest BCUT2D eigenvalue weighted by Gasteiger charge is 2.53. The van der Waals surface area contributed by atoms with Crippen LogP contribution in [-0.2, 0) is 24.4 Å². The SMILES string of the molecule is CC(C)C(=O)OC(C)(C)C.CCCC1(CCC)C(=O)N(C2CC(CC)C2)c2cc([B]OC(C)(C)C(C)(C)S)ccc21.CCCCC(C)(F)CC. The van der Waals surface area contributed by atoms with Gasteiger partial charge in [0.2, 0.25) is 5.91 Å². The van der Waals surface area contributed by atoms with Crippen LogP contribution < -0.4 is 10.4 Å². The molecule has 0 N–H and O–H groups in total. The number of unbranched alkanes of at least 4 members (excludes halogenated alkanes) is 1. The maximum atomic E-state index is 13.9. The molecule has 1 radical (unpaired) electrons. The van der Waals surface area contributed by atoms with Crippen molar-refractivity contribution in [3.63, 3.8) is 0 Å². The summed E-state index contributed by atoms with van der Waals surface area (Å²) in [6.45, 7) is 29.8. The number of amides is 1. The fourth-order valence-corrected chi connectivity index (χ4v) is 6.30. The van der Waals surface area contributed by atoms with E-state index >= 15 is 0 Å². The number of fused-ring (bicyclic) bond motifs is 1. The average molecular weight is 719 g/mol. The van der Waals surface area contributed by atoms with Crippen LogP contribution in [-0.4, -0.2) is 47.0 Å². The first-order chi connectivity index (χ1) is 23.0. The van der Waals surface area contributed by atoms with Crippen molar-refractivity contribution in [3.05, 3.63) is 23.8 Å². The molecule has 0 saturated heterocycles. The summed E-state index contributed by atoms with van der Waals surface area (Å²) < 4.78 is 24.0. The molecule has 1 aromatic carbocycles. The van der Waals surface area contributed by atoms with E-state index in [-0.39, 0.29) is 27.7 Å². The van der Waals surface area contributed by atoms with Gasteiger partial charge in [0.15, 0.2) is 0 Å². The van der Waals surface area contributed by atoms with Crippen molar-refractivity contribution in [2.75, 3.05) is 4.90 Å². The largest absolute Gasteiger partial charge is 0.460 e. The quantitative estimate of drug-likeness (QED) is 0.111. The Labute approximate surface area is 313 Å². The number of esters is 1. The molecule has 0 aromatic heterocycles. The van der Waals surface area contributed by atoms with Gasteiger partial charge in [-0.2, -0.15) is 12.6 Å². The van der Waals surface area contributed by atoms with E-state index in [0.717, 1.165) is 74.9 Å². The molecular weight excluding hydrogens is 644 g/mol. The van der Waals surface area contributed by atoms with Gasteiger partial charge in [-0.15, -0.1) is 0 Å². The van der Waals surface area contributed by atoms with E-state index in [1.54, 1.807) is 6.92 Å². The van der Waals surface area contributed by atoms with Crippen LogP contribution in [0.5, 0.6) is 0 Å². The van der Waals surface area contributed by atoms with Gasteiger partial charge < -0.3 is 14.3 Å². The second kappa shape index (κ2) is 19.5. The third-order valence-electron chi connectivity index (χ3n) is 10.6. The van der Waals surface area contributed by atoms with Crippen LogP contribution in [0, 0.1) is 11.8 Å². The summed E-state index contributed by atoms with van der Waals surface area (Å²) in [5.74, 6) is 0.928. The Hall–Kier alpha value is -1.54. The Morgan fingerprint density at radius 2 is 1.54 bits per heavy atom. The number of carbonyl (C=O) groups excluding carboxylic acids is 2. The monoisotopic (exact) mass is 719 g/mol. The smallest absolute Gasteiger partial charge is 0.330 e. The molecular formula is C42H74BFNO4S. The Bertz CT molecular complexity index is 1190. The summed E-state index contributed by atoms with van der Waals surface area (Å²) in [4.78, 5) is 27.0. The molecule has 1 saturated carbocycles. The lowest BCUT2D eigenvalue weighted by Crippen LogP contribution is -2.50. The number of alkyl halides is 1. The van der Waals surface area contributed by atoms with Crippen molar-refractivity contribution in [2.24, 2.45) is 11.8 Å². The molecule has 287 valence electrons. The molecule has 1 fully saturated rings. The maximum absolute atomic E-state index is 13.9. The zero-order valence-corrected chi connectivity index (χ0v) is 35.6. The number of halogens is 1. The summed E-state index contributed by atoms with van der Waals surface area (Å²) in [6, 6.07) is 6.84. The maximum Gasteiger partial charge on any atom is 0.330 e. The number of thiol groups is 1. The molecule has 8 heteroatoms. The number of anilines is 1. The Morgan fingerprint density at radius 3 is 1.94 bits per heavy atom. The molecule has 1 amide bonds. The molecule has 2 aliphatic rings. The first-order valence-electron chi connectivity index (χ1n) is 19.6. The van der Waals surface area contributed by atoms with Crippen LogP contribution >= 0.6 is 12.6 Å². The molecule has 1 heterocycles. The van der Waals surface area contributed by atoms with Gasteiger partial charge >= 0.3 is 13.5 Å². The third-order valence-corrected chi connectivity index (χ3v) is 11.1. The minimum atomic E-state index is -0.907. The predicted octanol–water partition coefficient (Wildman–Crippen LogP) is 11.1. The van der Waals surface area contributed by atoms with Gasteiger partial charge in [0.25, 0.3) is 0 Å². The lowest BCUT2D eigenvalue weighted by atomic mass is 9.73. The van der Waals surface area contributed by atoms with Crippen molar-refractivity contribution < 1.29 is 23.4 Å². The zero-order chi connectivity index (χ0) is 38.7. The third kappa shape index (κ3) is 13.1. The van der Waals surface area contributed by atoms with Gasteiger partial charge in [0, 0.05) is 16.5 Å². The first-order valence-corrected chi connectivity index (χ1v) is 20.0. The van der Waals surface area contributed by atoms with Crippen LogP contribution in [0.3, 0.4) is 0 Å². The molecule has 1 unspecified atom stereocenters. The van der Waals surface area contributed by atoms with Crippen molar-refractivity contribution in [1.82, 2.24) is 0 Å². The number of ether oxygens (including phenoxy) is 1. The van der Waals surface area contributed by atoms with Crippen LogP contribution in [0.2, 0.25) is 0 Å². The standard InChI is InChI=1S/C26H41BNO2S.C8H17F.C8H16O2/c1-8-13-26(14-9-2)21-12-11-19(27-30-24(4,5)25(6,7)31)17-22(21)28(23(26)29)20-15-18(10-3)16-20;1-4-6-7-8(3,9)5-2;1-6(2)7(9)10-8(3,4)5/h11-12,17-18,20,31H,8-10,13-16H2,1-7H3;4-7H2,1-3H3;6H,1-5H3. The van der Waals surface area contributed by atoms with Gasteiger partial charge in [-0.1, -0.05) is 98.2 Å². The van der Waals surface area contributed by atoms with Gasteiger partial charge in [0.1, 0.15) is 11.3 Å². The van der Waals surface area contributed by atoms with Gasteiger partial charge in [0.05, 0.1) is 16.9 Å². The van der Waals surface area contributed by atoms with Crippen molar-refractivity contribution in [3.8, 4) is 0 Å². The number of hydrogen-bond acceptors (Lipinski definition) is 5. The lowest BCUT2D eigenvalue weighted by molar-refractivity contribution is -0.158. The highest BCUT2D eigenvalue weighted by atomic mass is 32.1. The lowest BCUT2D eigenvalue weighted by Gasteiger charge is -2.42. The summed E-state index contributed by atoms with van der Waals surface area (Å²) in [5.41, 5.74) is 1.33. The number of carbonyl (C=O) groups is 2. The molecule has 1 aliphatic carbocycles. The van der Waals surface area contributed by atoms with Crippen molar-refractivity contribution in [2.45, 2.75) is 208 Å². The number of nitrogens with zero attached hydrogens (tertiary/aromatic N) is 1. The molecule has 5 nitrogen and oxygen atoms in total. The van der Waals surface area contributed by atoms with Crippen molar-refractivity contribution >= 4 is 43.1 Å².